The van der Waals surface area contributed by atoms with Crippen LogP contribution in [0.25, 0.3) is 0 Å². The molecule has 0 bridgehead atoms. The van der Waals surface area contributed by atoms with Crippen molar-refractivity contribution in [3.8, 4) is 0 Å². The molecule has 0 atom stereocenters. The summed E-state index contributed by atoms with van der Waals surface area (Å²) in [4.78, 5) is 30.6. The zero-order valence-electron chi connectivity index (χ0n) is 17.6. The van der Waals surface area contributed by atoms with Crippen molar-refractivity contribution in [2.45, 2.75) is 25.7 Å². The normalized spacial score (nSPS) is 14.7. The van der Waals surface area contributed by atoms with Gasteiger partial charge in [0.1, 0.15) is 0 Å². The highest BCUT2D eigenvalue weighted by Gasteiger charge is 2.24. The molecule has 1 aliphatic heterocycles. The number of rotatable bonds is 5. The number of para-hydroxylation sites is 1. The Labute approximate surface area is 177 Å². The minimum atomic E-state index is -0.00862. The van der Waals surface area contributed by atoms with Gasteiger partial charge >= 0.3 is 0 Å². The van der Waals surface area contributed by atoms with E-state index in [1.165, 1.54) is 0 Å². The van der Waals surface area contributed by atoms with Crippen LogP contribution in [0.1, 0.15) is 27.0 Å². The number of nitrogens with zero attached hydrogens (tertiary/aromatic N) is 2. The van der Waals surface area contributed by atoms with Gasteiger partial charge < -0.3 is 10.2 Å². The third-order valence-electron chi connectivity index (χ3n) is 5.45. The summed E-state index contributed by atoms with van der Waals surface area (Å²) in [5.41, 5.74) is 4.81. The molecule has 0 aromatic heterocycles. The lowest BCUT2D eigenvalue weighted by atomic mass is 10.1. The van der Waals surface area contributed by atoms with Crippen LogP contribution in [0.2, 0.25) is 0 Å². The Morgan fingerprint density at radius 2 is 1.62 bits per heavy atom. The van der Waals surface area contributed by atoms with E-state index in [1.807, 2.05) is 68.3 Å². The van der Waals surface area contributed by atoms with E-state index >= 15 is 0 Å². The number of aryl methyl sites for hydroxylation is 3. The second kappa shape index (κ2) is 9.46. The summed E-state index contributed by atoms with van der Waals surface area (Å²) >= 11 is 1.64. The fourth-order valence-electron chi connectivity index (χ4n) is 3.63. The molecular weight excluding hydrogens is 382 g/mol. The molecule has 6 heteroatoms. The van der Waals surface area contributed by atoms with Crippen LogP contribution < -0.4 is 5.32 Å². The molecule has 3 rings (SSSR count). The summed E-state index contributed by atoms with van der Waals surface area (Å²) in [7, 11) is 0. The Hall–Kier alpha value is -2.31. The molecule has 1 aliphatic rings. The van der Waals surface area contributed by atoms with E-state index in [0.29, 0.717) is 32.7 Å². The Morgan fingerprint density at radius 3 is 2.24 bits per heavy atom. The number of benzene rings is 2. The molecule has 2 aromatic rings. The first-order chi connectivity index (χ1) is 13.9. The van der Waals surface area contributed by atoms with Crippen LogP contribution in [0.4, 0.5) is 5.69 Å². The lowest BCUT2D eigenvalue weighted by molar-refractivity contribution is -0.117. The molecule has 5 nitrogen and oxygen atoms in total. The van der Waals surface area contributed by atoms with Crippen LogP contribution in [-0.4, -0.2) is 60.6 Å². The molecule has 1 fully saturated rings. The SMILES string of the molecule is CSc1ccc(C)c(C(=O)N2CCN(CC(=O)Nc3c(C)cccc3C)CC2)c1. The molecule has 0 saturated carbocycles. The first-order valence-electron chi connectivity index (χ1n) is 9.91. The Morgan fingerprint density at radius 1 is 0.966 bits per heavy atom. The van der Waals surface area contributed by atoms with Gasteiger partial charge in [-0.25, -0.2) is 0 Å². The Bertz CT molecular complexity index is 885. The zero-order chi connectivity index (χ0) is 21.0. The number of nitrogens with one attached hydrogen (secondary N) is 1. The van der Waals surface area contributed by atoms with E-state index in [1.54, 1.807) is 11.8 Å². The van der Waals surface area contributed by atoms with E-state index in [-0.39, 0.29) is 11.8 Å². The maximum absolute atomic E-state index is 13.0. The van der Waals surface area contributed by atoms with Gasteiger partial charge in [-0.05, 0) is 55.9 Å². The largest absolute Gasteiger partial charge is 0.336 e. The van der Waals surface area contributed by atoms with Crippen LogP contribution in [0.15, 0.2) is 41.3 Å². The van der Waals surface area contributed by atoms with Gasteiger partial charge in [-0.3, -0.25) is 14.5 Å². The number of piperazine rings is 1. The fourth-order valence-corrected chi connectivity index (χ4v) is 4.07. The minimum Gasteiger partial charge on any atom is -0.336 e. The van der Waals surface area contributed by atoms with Crippen molar-refractivity contribution in [3.63, 3.8) is 0 Å². The third kappa shape index (κ3) is 5.19. The number of anilines is 1. The van der Waals surface area contributed by atoms with Crippen molar-refractivity contribution >= 4 is 29.3 Å². The molecule has 2 amide bonds. The Kier molecular flexibility index (Phi) is 6.98. The highest BCUT2D eigenvalue weighted by atomic mass is 32.2. The standard InChI is InChI=1S/C23H29N3O2S/c1-16-8-9-19(29-4)14-20(16)23(28)26-12-10-25(11-13-26)15-21(27)24-22-17(2)6-5-7-18(22)3/h5-9,14H,10-13,15H2,1-4H3,(H,24,27). The smallest absolute Gasteiger partial charge is 0.254 e. The van der Waals surface area contributed by atoms with Gasteiger partial charge in [-0.15, -0.1) is 11.8 Å². The van der Waals surface area contributed by atoms with Crippen LogP contribution in [-0.2, 0) is 4.79 Å². The molecule has 29 heavy (non-hydrogen) atoms. The van der Waals surface area contributed by atoms with E-state index in [2.05, 4.69) is 10.2 Å². The van der Waals surface area contributed by atoms with Gasteiger partial charge in [0, 0.05) is 42.3 Å². The van der Waals surface area contributed by atoms with Crippen molar-refractivity contribution in [1.82, 2.24) is 9.80 Å². The number of carbonyl (C=O) groups excluding carboxylic acids is 2. The van der Waals surface area contributed by atoms with E-state index in [4.69, 9.17) is 0 Å². The summed E-state index contributed by atoms with van der Waals surface area (Å²) in [5.74, 6) is 0.0729. The monoisotopic (exact) mass is 411 g/mol. The van der Waals surface area contributed by atoms with Gasteiger partial charge in [0.2, 0.25) is 5.91 Å². The molecule has 0 aliphatic carbocycles. The number of thioether (sulfide) groups is 1. The van der Waals surface area contributed by atoms with Crippen molar-refractivity contribution < 1.29 is 9.59 Å². The maximum atomic E-state index is 13.0. The molecule has 0 radical (unpaired) electrons. The predicted octanol–water partition coefficient (Wildman–Crippen LogP) is 3.73. The topological polar surface area (TPSA) is 52.7 Å². The van der Waals surface area contributed by atoms with Crippen LogP contribution in [0, 0.1) is 20.8 Å². The molecule has 0 spiro atoms. The highest BCUT2D eigenvalue weighted by molar-refractivity contribution is 7.98. The van der Waals surface area contributed by atoms with Crippen LogP contribution in [0.5, 0.6) is 0 Å². The quantitative estimate of drug-likeness (QED) is 0.762. The number of hydrogen-bond acceptors (Lipinski definition) is 4. The number of amides is 2. The van der Waals surface area contributed by atoms with Crippen molar-refractivity contribution in [3.05, 3.63) is 58.7 Å². The average molecular weight is 412 g/mol. The lowest BCUT2D eigenvalue weighted by Crippen LogP contribution is -2.50. The van der Waals surface area contributed by atoms with Crippen LogP contribution in [0.3, 0.4) is 0 Å². The fraction of sp³-hybridized carbons (Fsp3) is 0.391. The summed E-state index contributed by atoms with van der Waals surface area (Å²) in [5, 5.41) is 3.04. The predicted molar refractivity (Wildman–Crippen MR) is 120 cm³/mol. The summed E-state index contributed by atoms with van der Waals surface area (Å²) < 4.78 is 0. The average Bonchev–Trinajstić information content (AvgIpc) is 2.71. The highest BCUT2D eigenvalue weighted by Crippen LogP contribution is 2.21. The Balaban J connectivity index is 1.55. The van der Waals surface area contributed by atoms with E-state index in [9.17, 15) is 9.59 Å². The molecular formula is C23H29N3O2S. The van der Waals surface area contributed by atoms with Crippen LogP contribution >= 0.6 is 11.8 Å². The second-order valence-corrected chi connectivity index (χ2v) is 8.44. The first-order valence-corrected chi connectivity index (χ1v) is 11.1. The maximum Gasteiger partial charge on any atom is 0.254 e. The third-order valence-corrected chi connectivity index (χ3v) is 6.17. The van der Waals surface area contributed by atoms with Crippen molar-refractivity contribution in [2.75, 3.05) is 44.3 Å². The van der Waals surface area contributed by atoms with Gasteiger partial charge in [0.25, 0.3) is 5.91 Å². The van der Waals surface area contributed by atoms with Gasteiger partial charge in [0.15, 0.2) is 0 Å². The molecule has 0 unspecified atom stereocenters. The van der Waals surface area contributed by atoms with Crippen molar-refractivity contribution in [1.29, 1.82) is 0 Å². The molecule has 154 valence electrons. The first kappa shape index (κ1) is 21.4. The van der Waals surface area contributed by atoms with Gasteiger partial charge in [-0.2, -0.15) is 0 Å². The summed E-state index contributed by atoms with van der Waals surface area (Å²) in [6.45, 7) is 9.00. The molecule has 2 aromatic carbocycles. The minimum absolute atomic E-state index is 0.00862. The second-order valence-electron chi connectivity index (χ2n) is 7.56. The molecule has 1 N–H and O–H groups in total. The number of carbonyl (C=O) groups is 2. The van der Waals surface area contributed by atoms with Gasteiger partial charge in [-0.1, -0.05) is 24.3 Å². The number of hydrogen-bond donors (Lipinski definition) is 1. The zero-order valence-corrected chi connectivity index (χ0v) is 18.4. The van der Waals surface area contributed by atoms with Gasteiger partial charge in [0.05, 0.1) is 6.54 Å². The van der Waals surface area contributed by atoms with Crippen molar-refractivity contribution in [2.24, 2.45) is 0 Å². The summed E-state index contributed by atoms with van der Waals surface area (Å²) in [6, 6.07) is 12.0. The van der Waals surface area contributed by atoms with E-state index < -0.39 is 0 Å². The molecule has 1 saturated heterocycles. The molecule has 1 heterocycles. The van der Waals surface area contributed by atoms with E-state index in [0.717, 1.165) is 32.8 Å². The summed E-state index contributed by atoms with van der Waals surface area (Å²) in [6.07, 6.45) is 2.02. The lowest BCUT2D eigenvalue weighted by Gasteiger charge is -2.34.